The van der Waals surface area contributed by atoms with Gasteiger partial charge in [-0.2, -0.15) is 0 Å². The highest BCUT2D eigenvalue weighted by atomic mass is 127. The summed E-state index contributed by atoms with van der Waals surface area (Å²) < 4.78 is 8.16. The van der Waals surface area contributed by atoms with Gasteiger partial charge >= 0.3 is 0 Å². The van der Waals surface area contributed by atoms with E-state index in [1.165, 1.54) is 12.8 Å². The van der Waals surface area contributed by atoms with Crippen LogP contribution in [0.5, 0.6) is 5.75 Å². The third-order valence-electron chi connectivity index (χ3n) is 3.33. The van der Waals surface area contributed by atoms with Crippen LogP contribution in [0.1, 0.15) is 12.8 Å². The number of hydrogen-bond donors (Lipinski definition) is 1. The zero-order chi connectivity index (χ0) is 13.2. The minimum Gasteiger partial charge on any atom is -0.490 e. The van der Waals surface area contributed by atoms with Gasteiger partial charge in [-0.15, -0.1) is 0 Å². The highest BCUT2D eigenvalue weighted by Crippen LogP contribution is 2.31. The molecule has 1 saturated heterocycles. The van der Waals surface area contributed by atoms with Crippen LogP contribution in [-0.2, 0) is 0 Å². The van der Waals surface area contributed by atoms with Gasteiger partial charge in [-0.3, -0.25) is 4.98 Å². The summed E-state index contributed by atoms with van der Waals surface area (Å²) in [5.41, 5.74) is 0.970. The van der Waals surface area contributed by atoms with Crippen molar-refractivity contribution in [2.24, 2.45) is 0 Å². The Hall–Kier alpha value is -0.400. The van der Waals surface area contributed by atoms with Gasteiger partial charge in [-0.05, 0) is 60.2 Å². The van der Waals surface area contributed by atoms with Crippen LogP contribution in [0.15, 0.2) is 28.9 Å². The Morgan fingerprint density at radius 1 is 1.47 bits per heavy atom. The van der Waals surface area contributed by atoms with Crippen LogP contribution in [0.3, 0.4) is 0 Å². The molecule has 1 N–H and O–H groups in total. The Balaban J connectivity index is 1.91. The third-order valence-corrected chi connectivity index (χ3v) is 4.59. The van der Waals surface area contributed by atoms with E-state index in [9.17, 15) is 0 Å². The molecular formula is C14H14BrIN2O. The van der Waals surface area contributed by atoms with Crippen molar-refractivity contribution in [3.63, 3.8) is 0 Å². The lowest BCUT2D eigenvalue weighted by Crippen LogP contribution is -2.28. The summed E-state index contributed by atoms with van der Waals surface area (Å²) in [6, 6.07) is 6.56. The van der Waals surface area contributed by atoms with E-state index in [1.54, 1.807) is 0 Å². The standard InChI is InChI=1S/C14H14BrIN2O/c15-9-3-4-13-11(6-9)14(12(16)7-18-13)19-8-10-2-1-5-17-10/h3-4,6-7,10,17H,1-2,5,8H2/t10-/m1/s1. The molecule has 2 aromatic rings. The van der Waals surface area contributed by atoms with Crippen molar-refractivity contribution >= 4 is 49.4 Å². The molecule has 1 aromatic carbocycles. The number of halogens is 2. The summed E-state index contributed by atoms with van der Waals surface area (Å²) in [6.45, 7) is 1.83. The van der Waals surface area contributed by atoms with Gasteiger partial charge in [0.15, 0.2) is 0 Å². The fourth-order valence-electron chi connectivity index (χ4n) is 2.35. The molecule has 19 heavy (non-hydrogen) atoms. The molecule has 0 radical (unpaired) electrons. The maximum Gasteiger partial charge on any atom is 0.143 e. The molecule has 1 fully saturated rings. The van der Waals surface area contributed by atoms with E-state index in [0.717, 1.165) is 37.8 Å². The van der Waals surface area contributed by atoms with Gasteiger partial charge in [0.25, 0.3) is 0 Å². The van der Waals surface area contributed by atoms with E-state index in [4.69, 9.17) is 4.74 Å². The Morgan fingerprint density at radius 3 is 3.16 bits per heavy atom. The minimum atomic E-state index is 0.478. The second-order valence-electron chi connectivity index (χ2n) is 4.70. The number of ether oxygens (including phenoxy) is 1. The van der Waals surface area contributed by atoms with Gasteiger partial charge in [0.05, 0.1) is 9.09 Å². The lowest BCUT2D eigenvalue weighted by Gasteiger charge is -2.15. The molecule has 0 saturated carbocycles. The first-order valence-corrected chi connectivity index (χ1v) is 8.21. The molecule has 2 heterocycles. The fraction of sp³-hybridized carbons (Fsp3) is 0.357. The Bertz CT molecular complexity index is 594. The van der Waals surface area contributed by atoms with E-state index >= 15 is 0 Å². The topological polar surface area (TPSA) is 34.1 Å². The van der Waals surface area contributed by atoms with Crippen LogP contribution < -0.4 is 10.1 Å². The SMILES string of the molecule is Brc1ccc2ncc(I)c(OC[C@H]3CCCN3)c2c1. The van der Waals surface area contributed by atoms with E-state index in [2.05, 4.69) is 54.9 Å². The van der Waals surface area contributed by atoms with Gasteiger partial charge in [0.2, 0.25) is 0 Å². The number of rotatable bonds is 3. The van der Waals surface area contributed by atoms with Crippen LogP contribution in [0.4, 0.5) is 0 Å². The highest BCUT2D eigenvalue weighted by Gasteiger charge is 2.16. The van der Waals surface area contributed by atoms with Gasteiger partial charge in [0.1, 0.15) is 12.4 Å². The summed E-state index contributed by atoms with van der Waals surface area (Å²) in [7, 11) is 0. The number of aromatic nitrogens is 1. The third kappa shape index (κ3) is 3.03. The van der Waals surface area contributed by atoms with Crippen molar-refractivity contribution in [2.75, 3.05) is 13.2 Å². The molecule has 3 rings (SSSR count). The zero-order valence-corrected chi connectivity index (χ0v) is 14.1. The number of hydrogen-bond acceptors (Lipinski definition) is 3. The maximum absolute atomic E-state index is 6.06. The van der Waals surface area contributed by atoms with E-state index in [1.807, 2.05) is 18.3 Å². The summed E-state index contributed by atoms with van der Waals surface area (Å²) >= 11 is 5.79. The number of nitrogens with zero attached hydrogens (tertiary/aromatic N) is 1. The minimum absolute atomic E-state index is 0.478. The van der Waals surface area contributed by atoms with E-state index in [-0.39, 0.29) is 0 Å². The van der Waals surface area contributed by atoms with Crippen molar-refractivity contribution in [3.05, 3.63) is 32.4 Å². The van der Waals surface area contributed by atoms with Crippen molar-refractivity contribution in [1.82, 2.24) is 10.3 Å². The molecule has 1 aliphatic heterocycles. The average Bonchev–Trinajstić information content (AvgIpc) is 2.91. The number of pyridine rings is 1. The Kier molecular flexibility index (Phi) is 4.24. The van der Waals surface area contributed by atoms with Gasteiger partial charge < -0.3 is 10.1 Å². The van der Waals surface area contributed by atoms with E-state index in [0.29, 0.717) is 6.04 Å². The highest BCUT2D eigenvalue weighted by molar-refractivity contribution is 14.1. The molecular weight excluding hydrogens is 419 g/mol. The predicted molar refractivity (Wildman–Crippen MR) is 88.7 cm³/mol. The zero-order valence-electron chi connectivity index (χ0n) is 10.3. The fourth-order valence-corrected chi connectivity index (χ4v) is 3.29. The molecule has 5 heteroatoms. The van der Waals surface area contributed by atoms with Crippen molar-refractivity contribution in [3.8, 4) is 5.75 Å². The van der Waals surface area contributed by atoms with Gasteiger partial charge in [0, 0.05) is 22.1 Å². The molecule has 0 spiro atoms. The first kappa shape index (κ1) is 13.6. The van der Waals surface area contributed by atoms with Crippen LogP contribution in [-0.4, -0.2) is 24.2 Å². The first-order valence-electron chi connectivity index (χ1n) is 6.34. The largest absolute Gasteiger partial charge is 0.490 e. The molecule has 100 valence electrons. The molecule has 1 aliphatic rings. The summed E-state index contributed by atoms with van der Waals surface area (Å²) in [5, 5.41) is 4.52. The predicted octanol–water partition coefficient (Wildman–Crippen LogP) is 3.73. The monoisotopic (exact) mass is 432 g/mol. The molecule has 0 bridgehead atoms. The summed E-state index contributed by atoms with van der Waals surface area (Å²) in [6.07, 6.45) is 4.31. The summed E-state index contributed by atoms with van der Waals surface area (Å²) in [4.78, 5) is 4.44. The number of benzene rings is 1. The first-order chi connectivity index (χ1) is 9.24. The maximum atomic E-state index is 6.06. The Labute approximate surface area is 134 Å². The van der Waals surface area contributed by atoms with Crippen LogP contribution in [0.2, 0.25) is 0 Å². The summed E-state index contributed by atoms with van der Waals surface area (Å²) in [5.74, 6) is 0.945. The quantitative estimate of drug-likeness (QED) is 0.750. The lowest BCUT2D eigenvalue weighted by molar-refractivity contribution is 0.278. The lowest BCUT2D eigenvalue weighted by atomic mass is 10.2. The Morgan fingerprint density at radius 2 is 2.37 bits per heavy atom. The molecule has 0 amide bonds. The molecule has 1 aromatic heterocycles. The van der Waals surface area contributed by atoms with Crippen LogP contribution in [0.25, 0.3) is 10.9 Å². The van der Waals surface area contributed by atoms with Crippen molar-refractivity contribution < 1.29 is 4.74 Å². The normalized spacial score (nSPS) is 18.9. The van der Waals surface area contributed by atoms with Crippen LogP contribution in [0, 0.1) is 3.57 Å². The van der Waals surface area contributed by atoms with Crippen LogP contribution >= 0.6 is 38.5 Å². The molecule has 3 nitrogen and oxygen atoms in total. The van der Waals surface area contributed by atoms with Gasteiger partial charge in [-0.1, -0.05) is 15.9 Å². The second kappa shape index (κ2) is 5.93. The molecule has 1 atom stereocenters. The molecule has 0 unspecified atom stereocenters. The average molecular weight is 433 g/mol. The number of nitrogens with one attached hydrogen (secondary N) is 1. The van der Waals surface area contributed by atoms with Gasteiger partial charge in [-0.25, -0.2) is 0 Å². The smallest absolute Gasteiger partial charge is 0.143 e. The second-order valence-corrected chi connectivity index (χ2v) is 6.78. The molecule has 0 aliphatic carbocycles. The van der Waals surface area contributed by atoms with Crippen molar-refractivity contribution in [2.45, 2.75) is 18.9 Å². The van der Waals surface area contributed by atoms with E-state index < -0.39 is 0 Å². The van der Waals surface area contributed by atoms with Crippen molar-refractivity contribution in [1.29, 1.82) is 0 Å². The number of fused-ring (bicyclic) bond motifs is 1.